The van der Waals surface area contributed by atoms with Gasteiger partial charge in [0.05, 0.1) is 25.2 Å². The Morgan fingerprint density at radius 3 is 2.63 bits per heavy atom. The number of nitrogens with zero attached hydrogens (tertiary/aromatic N) is 1. The average molecular weight is 378 g/mol. The summed E-state index contributed by atoms with van der Waals surface area (Å²) in [4.78, 5) is 13.2. The van der Waals surface area contributed by atoms with E-state index in [0.717, 1.165) is 37.4 Å². The van der Waals surface area contributed by atoms with Gasteiger partial charge in [-0.3, -0.25) is 9.69 Å². The molecule has 1 aromatic carbocycles. The predicted octanol–water partition coefficient (Wildman–Crippen LogP) is 4.52. The zero-order chi connectivity index (χ0) is 19.5. The van der Waals surface area contributed by atoms with Crippen molar-refractivity contribution in [3.63, 3.8) is 0 Å². The summed E-state index contributed by atoms with van der Waals surface area (Å²) in [5, 5.41) is 9.10. The lowest BCUT2D eigenvalue weighted by Crippen LogP contribution is -2.41. The monoisotopic (exact) mass is 377 g/mol. The first-order chi connectivity index (χ1) is 13.1. The van der Waals surface area contributed by atoms with Crippen LogP contribution in [-0.4, -0.2) is 48.8 Å². The van der Waals surface area contributed by atoms with Crippen molar-refractivity contribution >= 4 is 5.97 Å². The Balaban J connectivity index is 1.73. The molecule has 5 nitrogen and oxygen atoms in total. The van der Waals surface area contributed by atoms with Gasteiger partial charge in [-0.05, 0) is 24.1 Å². The summed E-state index contributed by atoms with van der Waals surface area (Å²) in [7, 11) is 0. The van der Waals surface area contributed by atoms with E-state index in [9.17, 15) is 4.79 Å². The number of unbranched alkanes of at least 4 members (excludes halogenated alkanes) is 5. The van der Waals surface area contributed by atoms with Gasteiger partial charge >= 0.3 is 5.97 Å². The first-order valence-corrected chi connectivity index (χ1v) is 10.4. The van der Waals surface area contributed by atoms with Crippen LogP contribution in [0.2, 0.25) is 0 Å². The Labute approximate surface area is 163 Å². The van der Waals surface area contributed by atoms with Crippen molar-refractivity contribution in [2.75, 3.05) is 32.8 Å². The highest BCUT2D eigenvalue weighted by molar-refractivity contribution is 5.69. The van der Waals surface area contributed by atoms with E-state index in [1.165, 1.54) is 32.1 Å². The molecular weight excluding hydrogens is 342 g/mol. The van der Waals surface area contributed by atoms with Gasteiger partial charge < -0.3 is 14.6 Å². The number of hydrogen-bond acceptors (Lipinski definition) is 4. The largest absolute Gasteiger partial charge is 0.494 e. The van der Waals surface area contributed by atoms with Crippen LogP contribution < -0.4 is 4.74 Å². The Hall–Kier alpha value is -1.59. The average Bonchev–Trinajstić information content (AvgIpc) is 2.68. The van der Waals surface area contributed by atoms with Gasteiger partial charge in [-0.15, -0.1) is 0 Å². The minimum atomic E-state index is -0.745. The molecule has 0 amide bonds. The Morgan fingerprint density at radius 1 is 1.22 bits per heavy atom. The van der Waals surface area contributed by atoms with Crippen LogP contribution in [-0.2, 0) is 9.53 Å². The standard InChI is InChI=1S/C22H35NO4/c1-3-4-5-6-7-8-14-26-20-11-9-19(10-12-20)21-17-23(13-15-27-21)16-18(2)22(24)25/h9-12,18,21H,3-8,13-17H2,1-2H3,(H,24,25). The molecule has 1 aliphatic rings. The minimum absolute atomic E-state index is 0.00707. The molecule has 2 atom stereocenters. The van der Waals surface area contributed by atoms with Crippen molar-refractivity contribution in [2.45, 2.75) is 58.5 Å². The second-order valence-corrected chi connectivity index (χ2v) is 7.54. The van der Waals surface area contributed by atoms with E-state index in [-0.39, 0.29) is 12.0 Å². The van der Waals surface area contributed by atoms with Crippen molar-refractivity contribution in [2.24, 2.45) is 5.92 Å². The number of ether oxygens (including phenoxy) is 2. The summed E-state index contributed by atoms with van der Waals surface area (Å²) in [5.41, 5.74) is 1.12. The Kier molecular flexibility index (Phi) is 9.64. The maximum absolute atomic E-state index is 11.1. The van der Waals surface area contributed by atoms with Crippen LogP contribution in [0.5, 0.6) is 5.75 Å². The Morgan fingerprint density at radius 2 is 1.93 bits per heavy atom. The van der Waals surface area contributed by atoms with E-state index < -0.39 is 5.97 Å². The summed E-state index contributed by atoms with van der Waals surface area (Å²) in [6, 6.07) is 8.14. The number of hydrogen-bond donors (Lipinski definition) is 1. The second kappa shape index (κ2) is 12.0. The molecule has 0 spiro atoms. The van der Waals surface area contributed by atoms with Crippen LogP contribution in [0, 0.1) is 5.92 Å². The van der Waals surface area contributed by atoms with Gasteiger partial charge in [0.2, 0.25) is 0 Å². The number of aliphatic carboxylic acids is 1. The molecule has 1 heterocycles. The molecule has 1 aromatic rings. The molecule has 0 saturated carbocycles. The quantitative estimate of drug-likeness (QED) is 0.543. The SMILES string of the molecule is CCCCCCCCOc1ccc(C2CN(CC(C)C(=O)O)CCO2)cc1. The molecule has 0 aromatic heterocycles. The van der Waals surface area contributed by atoms with Crippen molar-refractivity contribution in [1.82, 2.24) is 4.90 Å². The lowest BCUT2D eigenvalue weighted by molar-refractivity contribution is -0.142. The third-order valence-corrected chi connectivity index (χ3v) is 5.12. The van der Waals surface area contributed by atoms with Crippen molar-refractivity contribution < 1.29 is 19.4 Å². The van der Waals surface area contributed by atoms with Crippen molar-refractivity contribution in [3.8, 4) is 5.75 Å². The number of carboxylic acids is 1. The summed E-state index contributed by atoms with van der Waals surface area (Å²) >= 11 is 0. The third-order valence-electron chi connectivity index (χ3n) is 5.12. The molecule has 2 unspecified atom stereocenters. The summed E-state index contributed by atoms with van der Waals surface area (Å²) < 4.78 is 11.7. The summed E-state index contributed by atoms with van der Waals surface area (Å²) in [6.45, 7) is 7.47. The van der Waals surface area contributed by atoms with Gasteiger partial charge in [0.25, 0.3) is 0 Å². The number of morpholine rings is 1. The molecule has 1 fully saturated rings. The normalized spacial score (nSPS) is 19.0. The zero-order valence-corrected chi connectivity index (χ0v) is 16.9. The molecule has 1 saturated heterocycles. The van der Waals surface area contributed by atoms with Gasteiger partial charge in [0.1, 0.15) is 5.75 Å². The first-order valence-electron chi connectivity index (χ1n) is 10.4. The van der Waals surface area contributed by atoms with E-state index in [0.29, 0.717) is 13.2 Å². The van der Waals surface area contributed by atoms with Crippen LogP contribution in [0.4, 0.5) is 0 Å². The van der Waals surface area contributed by atoms with Crippen molar-refractivity contribution in [1.29, 1.82) is 0 Å². The van der Waals surface area contributed by atoms with E-state index >= 15 is 0 Å². The van der Waals surface area contributed by atoms with E-state index in [4.69, 9.17) is 14.6 Å². The predicted molar refractivity (Wildman–Crippen MR) is 107 cm³/mol. The molecule has 5 heteroatoms. The molecule has 0 aliphatic carbocycles. The molecule has 2 rings (SSSR count). The smallest absolute Gasteiger partial charge is 0.307 e. The number of carboxylic acid groups (broad SMARTS) is 1. The maximum atomic E-state index is 11.1. The molecular formula is C22H35NO4. The van der Waals surface area contributed by atoms with Crippen molar-refractivity contribution in [3.05, 3.63) is 29.8 Å². The fourth-order valence-corrected chi connectivity index (χ4v) is 3.39. The highest BCUT2D eigenvalue weighted by Gasteiger charge is 2.24. The van der Waals surface area contributed by atoms with Crippen LogP contribution in [0.25, 0.3) is 0 Å². The third kappa shape index (κ3) is 7.89. The lowest BCUT2D eigenvalue weighted by atomic mass is 10.1. The highest BCUT2D eigenvalue weighted by atomic mass is 16.5. The first kappa shape index (κ1) is 21.7. The van der Waals surface area contributed by atoms with Gasteiger partial charge in [-0.2, -0.15) is 0 Å². The molecule has 27 heavy (non-hydrogen) atoms. The van der Waals surface area contributed by atoms with Crippen LogP contribution in [0.3, 0.4) is 0 Å². The maximum Gasteiger partial charge on any atom is 0.307 e. The van der Waals surface area contributed by atoms with Gasteiger partial charge in [0, 0.05) is 19.6 Å². The van der Waals surface area contributed by atoms with Crippen LogP contribution in [0.1, 0.15) is 64.0 Å². The van der Waals surface area contributed by atoms with Gasteiger partial charge in [0.15, 0.2) is 0 Å². The molecule has 0 radical (unpaired) electrons. The summed E-state index contributed by atoms with van der Waals surface area (Å²) in [6.07, 6.45) is 7.57. The lowest BCUT2D eigenvalue weighted by Gasteiger charge is -2.34. The minimum Gasteiger partial charge on any atom is -0.494 e. The van der Waals surface area contributed by atoms with E-state index in [1.54, 1.807) is 6.92 Å². The van der Waals surface area contributed by atoms with E-state index in [1.807, 2.05) is 12.1 Å². The topological polar surface area (TPSA) is 59.0 Å². The molecule has 152 valence electrons. The van der Waals surface area contributed by atoms with Gasteiger partial charge in [-0.1, -0.05) is 58.1 Å². The number of rotatable bonds is 12. The zero-order valence-electron chi connectivity index (χ0n) is 16.9. The number of benzene rings is 1. The van der Waals surface area contributed by atoms with Gasteiger partial charge in [-0.25, -0.2) is 0 Å². The fraction of sp³-hybridized carbons (Fsp3) is 0.682. The fourth-order valence-electron chi connectivity index (χ4n) is 3.39. The second-order valence-electron chi connectivity index (χ2n) is 7.54. The molecule has 1 N–H and O–H groups in total. The molecule has 0 bridgehead atoms. The highest BCUT2D eigenvalue weighted by Crippen LogP contribution is 2.25. The number of carbonyl (C=O) groups is 1. The Bertz CT molecular complexity index is 546. The summed E-state index contributed by atoms with van der Waals surface area (Å²) in [5.74, 6) is -0.203. The van der Waals surface area contributed by atoms with E-state index in [2.05, 4.69) is 24.0 Å². The van der Waals surface area contributed by atoms with Crippen LogP contribution >= 0.6 is 0 Å². The molecule has 1 aliphatic heterocycles. The van der Waals surface area contributed by atoms with Crippen LogP contribution in [0.15, 0.2) is 24.3 Å².